The van der Waals surface area contributed by atoms with Crippen molar-refractivity contribution in [1.29, 1.82) is 0 Å². The van der Waals surface area contributed by atoms with Crippen LogP contribution in [0.5, 0.6) is 0 Å². The fourth-order valence-corrected chi connectivity index (χ4v) is 3.39. The molecule has 4 heteroatoms. The van der Waals surface area contributed by atoms with Gasteiger partial charge in [0.2, 0.25) is 5.91 Å². The largest absolute Gasteiger partial charge is 0.377 e. The van der Waals surface area contributed by atoms with Gasteiger partial charge in [0.15, 0.2) is 0 Å². The lowest BCUT2D eigenvalue weighted by Gasteiger charge is -2.38. The first-order chi connectivity index (χ1) is 8.72. The Morgan fingerprint density at radius 3 is 2.72 bits per heavy atom. The smallest absolute Gasteiger partial charge is 0.230 e. The molecule has 1 atom stereocenters. The van der Waals surface area contributed by atoms with E-state index in [0.29, 0.717) is 6.54 Å². The standard InChI is InChI=1S/C14H26N2O2/c1-2-18-12-6-5-9-16(10-12)13(17)14(11-15)7-3-4-8-14/h12H,2-11,15H2,1H3. The molecule has 2 rings (SSSR count). The van der Waals surface area contributed by atoms with Gasteiger partial charge in [0.1, 0.15) is 0 Å². The van der Waals surface area contributed by atoms with Gasteiger partial charge in [0, 0.05) is 26.2 Å². The van der Waals surface area contributed by atoms with Crippen LogP contribution < -0.4 is 5.73 Å². The van der Waals surface area contributed by atoms with Crippen molar-refractivity contribution >= 4 is 5.91 Å². The number of ether oxygens (including phenoxy) is 1. The molecule has 0 aromatic carbocycles. The quantitative estimate of drug-likeness (QED) is 0.828. The Bertz CT molecular complexity index is 286. The van der Waals surface area contributed by atoms with Crippen molar-refractivity contribution in [3.05, 3.63) is 0 Å². The molecule has 0 bridgehead atoms. The molecule has 4 nitrogen and oxygen atoms in total. The molecule has 2 aliphatic rings. The maximum Gasteiger partial charge on any atom is 0.230 e. The van der Waals surface area contributed by atoms with E-state index >= 15 is 0 Å². The van der Waals surface area contributed by atoms with Gasteiger partial charge >= 0.3 is 0 Å². The van der Waals surface area contributed by atoms with Gasteiger partial charge in [-0.2, -0.15) is 0 Å². The van der Waals surface area contributed by atoms with E-state index in [1.54, 1.807) is 0 Å². The third kappa shape index (κ3) is 2.69. The molecule has 1 amide bonds. The number of hydrogen-bond acceptors (Lipinski definition) is 3. The maximum atomic E-state index is 12.7. The molecule has 0 spiro atoms. The molecular weight excluding hydrogens is 228 g/mol. The number of rotatable bonds is 4. The Morgan fingerprint density at radius 1 is 1.39 bits per heavy atom. The normalized spacial score (nSPS) is 27.4. The van der Waals surface area contributed by atoms with Gasteiger partial charge in [-0.1, -0.05) is 12.8 Å². The molecule has 1 aliphatic heterocycles. The van der Waals surface area contributed by atoms with Crippen LogP contribution in [0, 0.1) is 5.41 Å². The summed E-state index contributed by atoms with van der Waals surface area (Å²) in [6.07, 6.45) is 6.58. The fourth-order valence-electron chi connectivity index (χ4n) is 3.39. The molecule has 0 aromatic rings. The summed E-state index contributed by atoms with van der Waals surface area (Å²) in [5.41, 5.74) is 5.64. The van der Waals surface area contributed by atoms with Gasteiger partial charge in [-0.15, -0.1) is 0 Å². The van der Waals surface area contributed by atoms with Crippen LogP contribution in [0.25, 0.3) is 0 Å². The average Bonchev–Trinajstić information content (AvgIpc) is 2.88. The molecule has 1 saturated carbocycles. The summed E-state index contributed by atoms with van der Waals surface area (Å²) in [6.45, 7) is 4.88. The van der Waals surface area contributed by atoms with Crippen molar-refractivity contribution in [2.45, 2.75) is 51.6 Å². The molecular formula is C14H26N2O2. The summed E-state index contributed by atoms with van der Waals surface area (Å²) < 4.78 is 5.67. The zero-order valence-corrected chi connectivity index (χ0v) is 11.5. The Labute approximate surface area is 110 Å². The average molecular weight is 254 g/mol. The Hall–Kier alpha value is -0.610. The number of likely N-dealkylation sites (tertiary alicyclic amines) is 1. The summed E-state index contributed by atoms with van der Waals surface area (Å²) in [5.74, 6) is 0.284. The van der Waals surface area contributed by atoms with Crippen molar-refractivity contribution in [2.24, 2.45) is 11.1 Å². The first-order valence-corrected chi connectivity index (χ1v) is 7.33. The minimum absolute atomic E-state index is 0.226. The summed E-state index contributed by atoms with van der Waals surface area (Å²) in [4.78, 5) is 14.7. The predicted molar refractivity (Wildman–Crippen MR) is 71.2 cm³/mol. The Morgan fingerprint density at radius 2 is 2.11 bits per heavy atom. The molecule has 1 aliphatic carbocycles. The third-order valence-corrected chi connectivity index (χ3v) is 4.47. The molecule has 18 heavy (non-hydrogen) atoms. The van der Waals surface area contributed by atoms with Crippen LogP contribution >= 0.6 is 0 Å². The number of hydrogen-bond donors (Lipinski definition) is 1. The van der Waals surface area contributed by atoms with E-state index in [4.69, 9.17) is 10.5 Å². The van der Waals surface area contributed by atoms with Crippen LogP contribution in [0.4, 0.5) is 0 Å². The van der Waals surface area contributed by atoms with E-state index in [1.165, 1.54) is 0 Å². The summed E-state index contributed by atoms with van der Waals surface area (Å²) in [7, 11) is 0. The lowest BCUT2D eigenvalue weighted by atomic mass is 9.84. The number of carbonyl (C=O) groups is 1. The number of carbonyl (C=O) groups excluding carboxylic acids is 1. The Balaban J connectivity index is 1.99. The minimum atomic E-state index is -0.256. The summed E-state index contributed by atoms with van der Waals surface area (Å²) in [6, 6.07) is 0. The van der Waals surface area contributed by atoms with Gasteiger partial charge in [0.25, 0.3) is 0 Å². The predicted octanol–water partition coefficient (Wildman–Crippen LogP) is 1.53. The fraction of sp³-hybridized carbons (Fsp3) is 0.929. The Kier molecular flexibility index (Phi) is 4.62. The molecule has 1 unspecified atom stereocenters. The highest BCUT2D eigenvalue weighted by Gasteiger charge is 2.43. The van der Waals surface area contributed by atoms with E-state index in [1.807, 2.05) is 11.8 Å². The molecule has 104 valence electrons. The number of nitrogens with two attached hydrogens (primary N) is 1. The molecule has 0 aromatic heterocycles. The van der Waals surface area contributed by atoms with Crippen LogP contribution in [-0.4, -0.2) is 43.2 Å². The van der Waals surface area contributed by atoms with Crippen molar-refractivity contribution in [2.75, 3.05) is 26.2 Å². The first-order valence-electron chi connectivity index (χ1n) is 7.33. The highest BCUT2D eigenvalue weighted by atomic mass is 16.5. The second-order valence-electron chi connectivity index (χ2n) is 5.66. The highest BCUT2D eigenvalue weighted by Crippen LogP contribution is 2.39. The number of amides is 1. The third-order valence-electron chi connectivity index (χ3n) is 4.47. The lowest BCUT2D eigenvalue weighted by Crippen LogP contribution is -2.51. The topological polar surface area (TPSA) is 55.6 Å². The van der Waals surface area contributed by atoms with Gasteiger partial charge in [0.05, 0.1) is 11.5 Å². The van der Waals surface area contributed by atoms with Crippen LogP contribution in [0.1, 0.15) is 45.4 Å². The zero-order valence-electron chi connectivity index (χ0n) is 11.5. The monoisotopic (exact) mass is 254 g/mol. The molecule has 2 N–H and O–H groups in total. The summed E-state index contributed by atoms with van der Waals surface area (Å²) in [5, 5.41) is 0. The van der Waals surface area contributed by atoms with Crippen molar-refractivity contribution in [3.8, 4) is 0 Å². The second kappa shape index (κ2) is 6.02. The van der Waals surface area contributed by atoms with E-state index in [2.05, 4.69) is 0 Å². The zero-order chi connectivity index (χ0) is 13.0. The van der Waals surface area contributed by atoms with Crippen molar-refractivity contribution in [3.63, 3.8) is 0 Å². The van der Waals surface area contributed by atoms with E-state index in [0.717, 1.165) is 58.2 Å². The van der Waals surface area contributed by atoms with Crippen LogP contribution in [-0.2, 0) is 9.53 Å². The second-order valence-corrected chi connectivity index (χ2v) is 5.66. The van der Waals surface area contributed by atoms with Crippen LogP contribution in [0.3, 0.4) is 0 Å². The first kappa shape index (κ1) is 13.8. The SMILES string of the molecule is CCOC1CCCN(C(=O)C2(CN)CCCC2)C1. The highest BCUT2D eigenvalue weighted by molar-refractivity contribution is 5.83. The van der Waals surface area contributed by atoms with Crippen LogP contribution in [0.15, 0.2) is 0 Å². The van der Waals surface area contributed by atoms with Crippen molar-refractivity contribution in [1.82, 2.24) is 4.90 Å². The number of piperidine rings is 1. The van der Waals surface area contributed by atoms with Gasteiger partial charge in [-0.25, -0.2) is 0 Å². The lowest BCUT2D eigenvalue weighted by molar-refractivity contribution is -0.145. The molecule has 1 saturated heterocycles. The van der Waals surface area contributed by atoms with E-state index in [-0.39, 0.29) is 17.4 Å². The van der Waals surface area contributed by atoms with Gasteiger partial charge in [-0.3, -0.25) is 4.79 Å². The minimum Gasteiger partial charge on any atom is -0.377 e. The molecule has 2 fully saturated rings. The van der Waals surface area contributed by atoms with Crippen molar-refractivity contribution < 1.29 is 9.53 Å². The summed E-state index contributed by atoms with van der Waals surface area (Å²) >= 11 is 0. The van der Waals surface area contributed by atoms with E-state index in [9.17, 15) is 4.79 Å². The number of nitrogens with zero attached hydrogens (tertiary/aromatic N) is 1. The molecule has 1 heterocycles. The maximum absolute atomic E-state index is 12.7. The van der Waals surface area contributed by atoms with E-state index < -0.39 is 0 Å². The van der Waals surface area contributed by atoms with Gasteiger partial charge in [-0.05, 0) is 32.6 Å². The van der Waals surface area contributed by atoms with Crippen LogP contribution in [0.2, 0.25) is 0 Å². The molecule has 0 radical (unpaired) electrons. The van der Waals surface area contributed by atoms with Gasteiger partial charge < -0.3 is 15.4 Å².